The molecule has 0 fully saturated rings. The van der Waals surface area contributed by atoms with Crippen LogP contribution in [0.3, 0.4) is 0 Å². The van der Waals surface area contributed by atoms with Crippen LogP contribution in [0.4, 0.5) is 0 Å². The lowest BCUT2D eigenvalue weighted by molar-refractivity contribution is 0.0696. The van der Waals surface area contributed by atoms with Crippen molar-refractivity contribution in [2.45, 2.75) is 0 Å². The number of aromatic carboxylic acids is 1. The maximum atomic E-state index is 10.6. The molecule has 0 amide bonds. The molecule has 1 aliphatic rings. The molecule has 4 nitrogen and oxygen atoms in total. The van der Waals surface area contributed by atoms with E-state index in [1.54, 1.807) is 0 Å². The fourth-order valence-corrected chi connectivity index (χ4v) is 1.11. The second-order valence-electron chi connectivity index (χ2n) is 2.63. The number of carboxylic acid groups (broad SMARTS) is 1. The first-order valence-corrected chi connectivity index (χ1v) is 3.80. The Bertz CT molecular complexity index is 384. The molecule has 1 aliphatic heterocycles. The zero-order valence-electron chi connectivity index (χ0n) is 6.73. The first kappa shape index (κ1) is 7.79. The second-order valence-corrected chi connectivity index (χ2v) is 2.63. The van der Waals surface area contributed by atoms with Gasteiger partial charge in [0.05, 0.1) is 5.56 Å². The molecule has 4 heteroatoms. The third-order valence-corrected chi connectivity index (χ3v) is 1.74. The van der Waals surface area contributed by atoms with E-state index in [1.807, 2.05) is 12.2 Å². The molecule has 1 aromatic heterocycles. The van der Waals surface area contributed by atoms with Crippen molar-refractivity contribution in [3.63, 3.8) is 0 Å². The molecule has 0 unspecified atom stereocenters. The van der Waals surface area contributed by atoms with Gasteiger partial charge >= 0.3 is 5.97 Å². The van der Waals surface area contributed by atoms with E-state index in [2.05, 4.69) is 4.98 Å². The summed E-state index contributed by atoms with van der Waals surface area (Å²) in [4.78, 5) is 14.5. The van der Waals surface area contributed by atoms with Crippen LogP contribution >= 0.6 is 0 Å². The molecular weight excluding hydrogens is 170 g/mol. The van der Waals surface area contributed by atoms with Gasteiger partial charge < -0.3 is 9.84 Å². The lowest BCUT2D eigenvalue weighted by atomic mass is 10.2. The highest BCUT2D eigenvalue weighted by atomic mass is 16.5. The Labute approximate surface area is 74.5 Å². The van der Waals surface area contributed by atoms with Crippen LogP contribution in [0.25, 0.3) is 6.08 Å². The lowest BCUT2D eigenvalue weighted by Crippen LogP contribution is -2.05. The monoisotopic (exact) mass is 177 g/mol. The maximum Gasteiger partial charge on any atom is 0.337 e. The van der Waals surface area contributed by atoms with Crippen LogP contribution in [0.1, 0.15) is 16.1 Å². The average Bonchev–Trinajstić information content (AvgIpc) is 2.17. The first-order valence-electron chi connectivity index (χ1n) is 3.80. The van der Waals surface area contributed by atoms with E-state index in [9.17, 15) is 4.79 Å². The zero-order chi connectivity index (χ0) is 9.26. The standard InChI is InChI=1S/C9H7NO3/c11-9(12)6-4-8-7(10-5-6)2-1-3-13-8/h1-2,4-5H,3H2,(H,11,12). The fourth-order valence-electron chi connectivity index (χ4n) is 1.11. The molecule has 0 spiro atoms. The van der Waals surface area contributed by atoms with Crippen molar-refractivity contribution in [3.05, 3.63) is 29.6 Å². The molecule has 0 bridgehead atoms. The van der Waals surface area contributed by atoms with Crippen LogP contribution in [0.5, 0.6) is 5.75 Å². The molecule has 1 aromatic rings. The zero-order valence-corrected chi connectivity index (χ0v) is 6.73. The van der Waals surface area contributed by atoms with E-state index < -0.39 is 5.97 Å². The molecule has 0 aromatic carbocycles. The number of ether oxygens (including phenoxy) is 1. The van der Waals surface area contributed by atoms with Crippen molar-refractivity contribution in [3.8, 4) is 5.75 Å². The van der Waals surface area contributed by atoms with Crippen molar-refractivity contribution in [2.24, 2.45) is 0 Å². The molecule has 0 aliphatic carbocycles. The topological polar surface area (TPSA) is 59.4 Å². The van der Waals surface area contributed by atoms with Crippen molar-refractivity contribution in [1.82, 2.24) is 4.98 Å². The minimum atomic E-state index is -0.992. The highest BCUT2D eigenvalue weighted by Crippen LogP contribution is 2.22. The van der Waals surface area contributed by atoms with Gasteiger partial charge in [-0.2, -0.15) is 0 Å². The largest absolute Gasteiger partial charge is 0.487 e. The number of rotatable bonds is 1. The van der Waals surface area contributed by atoms with Gasteiger partial charge in [0.15, 0.2) is 0 Å². The van der Waals surface area contributed by atoms with E-state index in [0.717, 1.165) is 0 Å². The van der Waals surface area contributed by atoms with E-state index >= 15 is 0 Å². The Hall–Kier alpha value is -1.84. The van der Waals surface area contributed by atoms with Crippen LogP contribution in [-0.4, -0.2) is 22.7 Å². The number of hydrogen-bond donors (Lipinski definition) is 1. The summed E-state index contributed by atoms with van der Waals surface area (Å²) in [7, 11) is 0. The van der Waals surface area contributed by atoms with Gasteiger partial charge in [-0.15, -0.1) is 0 Å². The van der Waals surface area contributed by atoms with Crippen LogP contribution in [0.2, 0.25) is 0 Å². The van der Waals surface area contributed by atoms with Crippen LogP contribution in [-0.2, 0) is 0 Å². The molecule has 66 valence electrons. The van der Waals surface area contributed by atoms with Gasteiger partial charge in [-0.3, -0.25) is 4.98 Å². The normalized spacial score (nSPS) is 13.2. The van der Waals surface area contributed by atoms with Crippen molar-refractivity contribution in [2.75, 3.05) is 6.61 Å². The van der Waals surface area contributed by atoms with E-state index in [-0.39, 0.29) is 5.56 Å². The highest BCUT2D eigenvalue weighted by molar-refractivity contribution is 5.88. The van der Waals surface area contributed by atoms with Gasteiger partial charge in [-0.25, -0.2) is 4.79 Å². The summed E-state index contributed by atoms with van der Waals surface area (Å²) < 4.78 is 5.20. The Morgan fingerprint density at radius 1 is 1.62 bits per heavy atom. The molecule has 2 heterocycles. The quantitative estimate of drug-likeness (QED) is 0.699. The first-order chi connectivity index (χ1) is 6.27. The summed E-state index contributed by atoms with van der Waals surface area (Å²) in [6, 6.07) is 1.48. The summed E-state index contributed by atoms with van der Waals surface area (Å²) in [5.74, 6) is -0.462. The Kier molecular flexibility index (Phi) is 1.73. The van der Waals surface area contributed by atoms with Gasteiger partial charge in [-0.1, -0.05) is 0 Å². The van der Waals surface area contributed by atoms with Crippen LogP contribution in [0.15, 0.2) is 18.3 Å². The van der Waals surface area contributed by atoms with Crippen molar-refractivity contribution >= 4 is 12.0 Å². The molecular formula is C9H7NO3. The Balaban J connectivity index is 2.48. The van der Waals surface area contributed by atoms with Crippen LogP contribution in [0, 0.1) is 0 Å². The number of carboxylic acids is 1. The molecule has 13 heavy (non-hydrogen) atoms. The predicted octanol–water partition coefficient (Wildman–Crippen LogP) is 1.19. The smallest absolute Gasteiger partial charge is 0.337 e. The van der Waals surface area contributed by atoms with Gasteiger partial charge in [0.2, 0.25) is 0 Å². The van der Waals surface area contributed by atoms with Crippen molar-refractivity contribution in [1.29, 1.82) is 0 Å². The van der Waals surface area contributed by atoms with Crippen LogP contribution < -0.4 is 4.74 Å². The summed E-state index contributed by atoms with van der Waals surface area (Å²) >= 11 is 0. The second kappa shape index (κ2) is 2.90. The van der Waals surface area contributed by atoms with Crippen molar-refractivity contribution < 1.29 is 14.6 Å². The molecule has 0 saturated carbocycles. The number of hydrogen-bond acceptors (Lipinski definition) is 3. The number of carbonyl (C=O) groups is 1. The van der Waals surface area contributed by atoms with Gasteiger partial charge in [0, 0.05) is 6.20 Å². The molecule has 1 N–H and O–H groups in total. The van der Waals surface area contributed by atoms with Gasteiger partial charge in [0.25, 0.3) is 0 Å². The third-order valence-electron chi connectivity index (χ3n) is 1.74. The maximum absolute atomic E-state index is 10.6. The molecule has 0 atom stereocenters. The summed E-state index contributed by atoms with van der Waals surface area (Å²) in [5, 5.41) is 8.67. The number of fused-ring (bicyclic) bond motifs is 1. The SMILES string of the molecule is O=C(O)c1cnc2c(c1)OCC=C2. The highest BCUT2D eigenvalue weighted by Gasteiger charge is 2.10. The Morgan fingerprint density at radius 2 is 2.46 bits per heavy atom. The summed E-state index contributed by atoms with van der Waals surface area (Å²) in [6.45, 7) is 0.470. The van der Waals surface area contributed by atoms with E-state index in [0.29, 0.717) is 18.1 Å². The number of nitrogens with zero attached hydrogens (tertiary/aromatic N) is 1. The third kappa shape index (κ3) is 1.38. The Morgan fingerprint density at radius 3 is 3.23 bits per heavy atom. The van der Waals surface area contributed by atoms with Gasteiger partial charge in [-0.05, 0) is 18.2 Å². The fraction of sp³-hybridized carbons (Fsp3) is 0.111. The number of pyridine rings is 1. The lowest BCUT2D eigenvalue weighted by Gasteiger charge is -2.10. The molecule has 2 rings (SSSR count). The summed E-state index contributed by atoms with van der Waals surface area (Å²) in [5.41, 5.74) is 0.824. The average molecular weight is 177 g/mol. The van der Waals surface area contributed by atoms with E-state index in [1.165, 1.54) is 12.3 Å². The summed E-state index contributed by atoms with van der Waals surface area (Å²) in [6.07, 6.45) is 4.96. The predicted molar refractivity (Wildman–Crippen MR) is 45.7 cm³/mol. The minimum absolute atomic E-state index is 0.147. The molecule has 0 radical (unpaired) electrons. The number of aromatic nitrogens is 1. The van der Waals surface area contributed by atoms with E-state index in [4.69, 9.17) is 9.84 Å². The van der Waals surface area contributed by atoms with Gasteiger partial charge in [0.1, 0.15) is 18.1 Å². The molecule has 0 saturated heterocycles. The minimum Gasteiger partial charge on any atom is -0.487 e.